The van der Waals surface area contributed by atoms with Gasteiger partial charge < -0.3 is 25.2 Å². The van der Waals surface area contributed by atoms with Crippen molar-refractivity contribution in [2.24, 2.45) is 0 Å². The lowest BCUT2D eigenvalue weighted by Gasteiger charge is -2.19. The van der Waals surface area contributed by atoms with Gasteiger partial charge in [-0.25, -0.2) is 4.79 Å². The van der Waals surface area contributed by atoms with E-state index in [1.165, 1.54) is 7.11 Å². The summed E-state index contributed by atoms with van der Waals surface area (Å²) in [6.07, 6.45) is -0.797. The van der Waals surface area contributed by atoms with Crippen molar-refractivity contribution in [1.82, 2.24) is 10.6 Å². The molecule has 0 aromatic heterocycles. The van der Waals surface area contributed by atoms with E-state index in [-0.39, 0.29) is 25.6 Å². The van der Waals surface area contributed by atoms with E-state index in [4.69, 9.17) is 14.6 Å². The number of methoxy groups -OCH3 is 1. The fraction of sp³-hybridized carbons (Fsp3) is 0.769. The van der Waals surface area contributed by atoms with Gasteiger partial charge in [-0.1, -0.05) is 0 Å². The van der Waals surface area contributed by atoms with E-state index in [9.17, 15) is 14.4 Å². The van der Waals surface area contributed by atoms with Gasteiger partial charge in [0.25, 0.3) is 0 Å². The number of nitrogens with one attached hydrogen (secondary N) is 2. The molecule has 2 amide bonds. The molecular formula is C13H24N2O6. The second kappa shape index (κ2) is 9.17. The number of alkyl carbamates (subject to hydrolysis) is 1. The van der Waals surface area contributed by atoms with Crippen molar-refractivity contribution in [3.8, 4) is 0 Å². The van der Waals surface area contributed by atoms with Gasteiger partial charge >= 0.3 is 12.1 Å². The Morgan fingerprint density at radius 1 is 1.19 bits per heavy atom. The number of amides is 2. The highest BCUT2D eigenvalue weighted by atomic mass is 16.6. The lowest BCUT2D eigenvalue weighted by atomic mass is 10.2. The molecule has 122 valence electrons. The first-order chi connectivity index (χ1) is 9.64. The maximum Gasteiger partial charge on any atom is 0.408 e. The van der Waals surface area contributed by atoms with Gasteiger partial charge in [-0.3, -0.25) is 9.59 Å². The van der Waals surface area contributed by atoms with Crippen molar-refractivity contribution < 1.29 is 29.0 Å². The SMILES string of the molecule is CO[C@@H](CCC(=O)O)CNC(=O)CNC(=O)OC(C)(C)C. The normalized spacial score (nSPS) is 12.4. The molecule has 0 heterocycles. The van der Waals surface area contributed by atoms with E-state index in [1.54, 1.807) is 20.8 Å². The Labute approximate surface area is 124 Å². The third-order valence-electron chi connectivity index (χ3n) is 2.33. The lowest BCUT2D eigenvalue weighted by molar-refractivity contribution is -0.137. The first-order valence-electron chi connectivity index (χ1n) is 6.62. The maximum atomic E-state index is 11.5. The molecule has 0 saturated heterocycles. The average Bonchev–Trinajstić information content (AvgIpc) is 2.34. The number of carboxylic acids is 1. The Morgan fingerprint density at radius 3 is 2.29 bits per heavy atom. The average molecular weight is 304 g/mol. The molecule has 8 heteroatoms. The molecule has 1 atom stereocenters. The minimum Gasteiger partial charge on any atom is -0.481 e. The summed E-state index contributed by atoms with van der Waals surface area (Å²) < 4.78 is 10.0. The van der Waals surface area contributed by atoms with Crippen LogP contribution in [0.2, 0.25) is 0 Å². The zero-order chi connectivity index (χ0) is 16.5. The molecule has 0 radical (unpaired) electrons. The van der Waals surface area contributed by atoms with Crippen LogP contribution in [0.4, 0.5) is 4.79 Å². The van der Waals surface area contributed by atoms with Gasteiger partial charge in [-0.15, -0.1) is 0 Å². The van der Waals surface area contributed by atoms with Gasteiger partial charge in [-0.2, -0.15) is 0 Å². The van der Waals surface area contributed by atoms with Crippen molar-refractivity contribution in [2.45, 2.75) is 45.3 Å². The smallest absolute Gasteiger partial charge is 0.408 e. The minimum absolute atomic E-state index is 0.0372. The summed E-state index contributed by atoms with van der Waals surface area (Å²) in [6.45, 7) is 5.12. The molecule has 0 unspecified atom stereocenters. The van der Waals surface area contributed by atoms with E-state index < -0.39 is 23.6 Å². The van der Waals surface area contributed by atoms with Gasteiger partial charge in [-0.05, 0) is 27.2 Å². The largest absolute Gasteiger partial charge is 0.481 e. The summed E-state index contributed by atoms with van der Waals surface area (Å²) in [4.78, 5) is 33.3. The fourth-order valence-electron chi connectivity index (χ4n) is 1.34. The summed E-state index contributed by atoms with van der Waals surface area (Å²) in [5, 5.41) is 13.4. The number of carbonyl (C=O) groups is 3. The van der Waals surface area contributed by atoms with Crippen LogP contribution in [0.5, 0.6) is 0 Å². The molecule has 0 bridgehead atoms. The van der Waals surface area contributed by atoms with Gasteiger partial charge in [0.2, 0.25) is 5.91 Å². The maximum absolute atomic E-state index is 11.5. The Kier molecular flexibility index (Phi) is 8.37. The molecule has 0 fully saturated rings. The number of carboxylic acid groups (broad SMARTS) is 1. The highest BCUT2D eigenvalue weighted by Crippen LogP contribution is 2.06. The predicted molar refractivity (Wildman–Crippen MR) is 74.9 cm³/mol. The van der Waals surface area contributed by atoms with E-state index >= 15 is 0 Å². The van der Waals surface area contributed by atoms with Crippen LogP contribution >= 0.6 is 0 Å². The first-order valence-corrected chi connectivity index (χ1v) is 6.62. The van der Waals surface area contributed by atoms with Crippen LogP contribution in [0, 0.1) is 0 Å². The summed E-state index contributed by atoms with van der Waals surface area (Å²) in [6, 6.07) is 0. The number of rotatable bonds is 8. The quantitative estimate of drug-likeness (QED) is 0.602. The molecule has 0 saturated carbocycles. The van der Waals surface area contributed by atoms with E-state index in [1.807, 2.05) is 0 Å². The van der Waals surface area contributed by atoms with Crippen molar-refractivity contribution >= 4 is 18.0 Å². The summed E-state index contributed by atoms with van der Waals surface area (Å²) in [7, 11) is 1.44. The van der Waals surface area contributed by atoms with E-state index in [2.05, 4.69) is 10.6 Å². The Bertz CT molecular complexity index is 364. The molecule has 21 heavy (non-hydrogen) atoms. The predicted octanol–water partition coefficient (Wildman–Crippen LogP) is 0.507. The standard InChI is InChI=1S/C13H24N2O6/c1-13(2,3)21-12(19)15-8-10(16)14-7-9(20-4)5-6-11(17)18/h9H,5-8H2,1-4H3,(H,14,16)(H,15,19)(H,17,18)/t9-/m0/s1. The monoisotopic (exact) mass is 304 g/mol. The molecular weight excluding hydrogens is 280 g/mol. The molecule has 8 nitrogen and oxygen atoms in total. The first kappa shape index (κ1) is 19.2. The fourth-order valence-corrected chi connectivity index (χ4v) is 1.34. The van der Waals surface area contributed by atoms with Crippen LogP contribution < -0.4 is 10.6 Å². The molecule has 0 aliphatic heterocycles. The Morgan fingerprint density at radius 2 is 1.81 bits per heavy atom. The van der Waals surface area contributed by atoms with Crippen LogP contribution in [0.1, 0.15) is 33.6 Å². The zero-order valence-electron chi connectivity index (χ0n) is 12.9. The van der Waals surface area contributed by atoms with Crippen LogP contribution in [0.15, 0.2) is 0 Å². The second-order valence-electron chi connectivity index (χ2n) is 5.45. The highest BCUT2D eigenvalue weighted by Gasteiger charge is 2.17. The number of carbonyl (C=O) groups excluding carboxylic acids is 2. The Hall–Kier alpha value is -1.83. The highest BCUT2D eigenvalue weighted by molar-refractivity contribution is 5.82. The van der Waals surface area contributed by atoms with Gasteiger partial charge in [0.15, 0.2) is 0 Å². The minimum atomic E-state index is -0.921. The van der Waals surface area contributed by atoms with Crippen LogP contribution in [-0.2, 0) is 19.1 Å². The molecule has 0 aromatic carbocycles. The number of hydrogen-bond donors (Lipinski definition) is 3. The van der Waals surface area contributed by atoms with Crippen molar-refractivity contribution in [1.29, 1.82) is 0 Å². The number of aliphatic carboxylic acids is 1. The zero-order valence-corrected chi connectivity index (χ0v) is 12.9. The van der Waals surface area contributed by atoms with Gasteiger partial charge in [0, 0.05) is 20.1 Å². The molecule has 3 N–H and O–H groups in total. The topological polar surface area (TPSA) is 114 Å². The molecule has 0 aliphatic carbocycles. The van der Waals surface area contributed by atoms with Crippen LogP contribution in [-0.4, -0.2) is 55.0 Å². The Balaban J connectivity index is 3.93. The van der Waals surface area contributed by atoms with Gasteiger partial charge in [0.1, 0.15) is 5.60 Å². The third-order valence-corrected chi connectivity index (χ3v) is 2.33. The van der Waals surface area contributed by atoms with Crippen molar-refractivity contribution in [3.63, 3.8) is 0 Å². The summed E-state index contributed by atoms with van der Waals surface area (Å²) in [5.41, 5.74) is -0.626. The molecule has 0 aromatic rings. The van der Waals surface area contributed by atoms with Crippen LogP contribution in [0.25, 0.3) is 0 Å². The van der Waals surface area contributed by atoms with Gasteiger partial charge in [0.05, 0.1) is 12.6 Å². The van der Waals surface area contributed by atoms with Crippen molar-refractivity contribution in [2.75, 3.05) is 20.2 Å². The molecule has 0 rings (SSSR count). The van der Waals surface area contributed by atoms with Crippen LogP contribution in [0.3, 0.4) is 0 Å². The summed E-state index contributed by atoms with van der Waals surface area (Å²) in [5.74, 6) is -1.33. The third kappa shape index (κ3) is 11.7. The summed E-state index contributed by atoms with van der Waals surface area (Å²) >= 11 is 0. The molecule has 0 spiro atoms. The van der Waals surface area contributed by atoms with Crippen molar-refractivity contribution in [3.05, 3.63) is 0 Å². The van der Waals surface area contributed by atoms with E-state index in [0.29, 0.717) is 6.42 Å². The lowest BCUT2D eigenvalue weighted by Crippen LogP contribution is -2.42. The number of hydrogen-bond acceptors (Lipinski definition) is 5. The van der Waals surface area contributed by atoms with E-state index in [0.717, 1.165) is 0 Å². The number of ether oxygens (including phenoxy) is 2. The second-order valence-corrected chi connectivity index (χ2v) is 5.45. The molecule has 0 aliphatic rings.